The monoisotopic (exact) mass is 275 g/mol. The quantitative estimate of drug-likeness (QED) is 0.786. The Morgan fingerprint density at radius 1 is 1.45 bits per heavy atom. The number of para-hydroxylation sites is 1. The second-order valence-electron chi connectivity index (χ2n) is 4.21. The predicted octanol–water partition coefficient (Wildman–Crippen LogP) is 0.228. The third-order valence-corrected chi connectivity index (χ3v) is 2.77. The SMILES string of the molecule is COc1ccccc1CCNC(=O)Cn1cnc(N)n1. The minimum atomic E-state index is -0.134. The molecule has 0 saturated heterocycles. The van der Waals surface area contributed by atoms with Crippen LogP contribution in [-0.4, -0.2) is 34.3 Å². The van der Waals surface area contributed by atoms with Gasteiger partial charge in [-0.15, -0.1) is 5.10 Å². The van der Waals surface area contributed by atoms with E-state index in [4.69, 9.17) is 10.5 Å². The molecule has 0 aliphatic rings. The number of carbonyl (C=O) groups is 1. The van der Waals surface area contributed by atoms with Crippen LogP contribution in [0, 0.1) is 0 Å². The highest BCUT2D eigenvalue weighted by atomic mass is 16.5. The third kappa shape index (κ3) is 3.71. The molecule has 0 unspecified atom stereocenters. The molecular weight excluding hydrogens is 258 g/mol. The molecule has 1 amide bonds. The molecule has 0 fully saturated rings. The minimum absolute atomic E-state index is 0.107. The van der Waals surface area contributed by atoms with Gasteiger partial charge in [-0.3, -0.25) is 4.79 Å². The molecule has 0 spiro atoms. The maximum Gasteiger partial charge on any atom is 0.241 e. The second-order valence-corrected chi connectivity index (χ2v) is 4.21. The first-order chi connectivity index (χ1) is 9.69. The van der Waals surface area contributed by atoms with Crippen molar-refractivity contribution >= 4 is 11.9 Å². The first kappa shape index (κ1) is 13.9. The summed E-state index contributed by atoms with van der Waals surface area (Å²) < 4.78 is 6.65. The molecule has 2 aromatic rings. The number of nitrogens with two attached hydrogens (primary N) is 1. The van der Waals surface area contributed by atoms with Gasteiger partial charge < -0.3 is 15.8 Å². The first-order valence-corrected chi connectivity index (χ1v) is 6.22. The van der Waals surface area contributed by atoms with Crippen LogP contribution in [0.3, 0.4) is 0 Å². The Kier molecular flexibility index (Phi) is 4.54. The van der Waals surface area contributed by atoms with Gasteiger partial charge in [0.05, 0.1) is 7.11 Å². The Bertz CT molecular complexity index is 582. The van der Waals surface area contributed by atoms with E-state index in [1.807, 2.05) is 24.3 Å². The normalized spacial score (nSPS) is 10.2. The smallest absolute Gasteiger partial charge is 0.241 e. The van der Waals surface area contributed by atoms with Crippen LogP contribution in [0.15, 0.2) is 30.6 Å². The van der Waals surface area contributed by atoms with Crippen molar-refractivity contribution in [2.75, 3.05) is 19.4 Å². The molecule has 20 heavy (non-hydrogen) atoms. The number of ether oxygens (including phenoxy) is 1. The number of amides is 1. The van der Waals surface area contributed by atoms with E-state index in [0.29, 0.717) is 13.0 Å². The fraction of sp³-hybridized carbons (Fsp3) is 0.308. The Balaban J connectivity index is 1.79. The lowest BCUT2D eigenvalue weighted by atomic mass is 10.1. The summed E-state index contributed by atoms with van der Waals surface area (Å²) in [7, 11) is 1.63. The summed E-state index contributed by atoms with van der Waals surface area (Å²) in [4.78, 5) is 15.4. The molecular formula is C13H17N5O2. The highest BCUT2D eigenvalue weighted by molar-refractivity contribution is 5.75. The molecule has 3 N–H and O–H groups in total. The molecule has 1 aromatic heterocycles. The van der Waals surface area contributed by atoms with Crippen molar-refractivity contribution in [3.63, 3.8) is 0 Å². The number of nitrogens with one attached hydrogen (secondary N) is 1. The van der Waals surface area contributed by atoms with Crippen molar-refractivity contribution in [2.45, 2.75) is 13.0 Å². The number of benzene rings is 1. The Morgan fingerprint density at radius 3 is 2.95 bits per heavy atom. The van der Waals surface area contributed by atoms with Crippen LogP contribution >= 0.6 is 0 Å². The number of rotatable bonds is 6. The lowest BCUT2D eigenvalue weighted by molar-refractivity contribution is -0.121. The van der Waals surface area contributed by atoms with Crippen LogP contribution in [-0.2, 0) is 17.8 Å². The van der Waals surface area contributed by atoms with Crippen molar-refractivity contribution in [3.05, 3.63) is 36.2 Å². The molecule has 1 aromatic carbocycles. The maximum absolute atomic E-state index is 11.7. The van der Waals surface area contributed by atoms with E-state index < -0.39 is 0 Å². The molecule has 7 nitrogen and oxygen atoms in total. The average Bonchev–Trinajstić information content (AvgIpc) is 2.84. The molecule has 0 radical (unpaired) electrons. The van der Waals surface area contributed by atoms with Gasteiger partial charge in [0.1, 0.15) is 18.6 Å². The largest absolute Gasteiger partial charge is 0.496 e. The van der Waals surface area contributed by atoms with Gasteiger partial charge in [-0.1, -0.05) is 18.2 Å². The van der Waals surface area contributed by atoms with E-state index in [9.17, 15) is 4.79 Å². The molecule has 0 atom stereocenters. The number of aromatic nitrogens is 3. The number of methoxy groups -OCH3 is 1. The van der Waals surface area contributed by atoms with E-state index in [1.165, 1.54) is 11.0 Å². The lowest BCUT2D eigenvalue weighted by Gasteiger charge is -2.09. The summed E-state index contributed by atoms with van der Waals surface area (Å²) in [5.74, 6) is 0.849. The summed E-state index contributed by atoms with van der Waals surface area (Å²) in [5.41, 5.74) is 6.43. The summed E-state index contributed by atoms with van der Waals surface area (Å²) >= 11 is 0. The van der Waals surface area contributed by atoms with E-state index in [0.717, 1.165) is 11.3 Å². The fourth-order valence-electron chi connectivity index (χ4n) is 1.83. The van der Waals surface area contributed by atoms with Crippen LogP contribution in [0.2, 0.25) is 0 Å². The molecule has 0 aliphatic carbocycles. The molecule has 0 aliphatic heterocycles. The highest BCUT2D eigenvalue weighted by Gasteiger charge is 2.05. The van der Waals surface area contributed by atoms with Crippen molar-refractivity contribution in [2.24, 2.45) is 0 Å². The standard InChI is InChI=1S/C13H17N5O2/c1-20-11-5-3-2-4-10(11)6-7-15-12(19)8-18-9-16-13(14)17-18/h2-5,9H,6-8H2,1H3,(H2,14,17)(H,15,19). The fourth-order valence-corrected chi connectivity index (χ4v) is 1.83. The van der Waals surface area contributed by atoms with Crippen LogP contribution in [0.4, 0.5) is 5.95 Å². The summed E-state index contributed by atoms with van der Waals surface area (Å²) in [6.45, 7) is 0.638. The molecule has 0 saturated carbocycles. The van der Waals surface area contributed by atoms with Gasteiger partial charge in [0, 0.05) is 6.54 Å². The maximum atomic E-state index is 11.7. The predicted molar refractivity (Wildman–Crippen MR) is 74.1 cm³/mol. The number of anilines is 1. The second kappa shape index (κ2) is 6.55. The summed E-state index contributed by atoms with van der Waals surface area (Å²) in [5, 5.41) is 6.66. The van der Waals surface area contributed by atoms with Gasteiger partial charge in [-0.2, -0.15) is 0 Å². The minimum Gasteiger partial charge on any atom is -0.496 e. The van der Waals surface area contributed by atoms with Gasteiger partial charge in [-0.25, -0.2) is 9.67 Å². The van der Waals surface area contributed by atoms with Crippen molar-refractivity contribution < 1.29 is 9.53 Å². The summed E-state index contributed by atoms with van der Waals surface area (Å²) in [6.07, 6.45) is 2.13. The van der Waals surface area contributed by atoms with E-state index in [-0.39, 0.29) is 18.4 Å². The zero-order valence-corrected chi connectivity index (χ0v) is 11.2. The number of nitrogens with zero attached hydrogens (tertiary/aromatic N) is 3. The van der Waals surface area contributed by atoms with E-state index >= 15 is 0 Å². The Hall–Kier alpha value is -2.57. The average molecular weight is 275 g/mol. The van der Waals surface area contributed by atoms with E-state index in [1.54, 1.807) is 7.11 Å². The topological polar surface area (TPSA) is 95.1 Å². The molecule has 7 heteroatoms. The first-order valence-electron chi connectivity index (χ1n) is 6.22. The molecule has 2 rings (SSSR count). The lowest BCUT2D eigenvalue weighted by Crippen LogP contribution is -2.29. The van der Waals surface area contributed by atoms with Crippen molar-refractivity contribution in [1.29, 1.82) is 0 Å². The Morgan fingerprint density at radius 2 is 2.25 bits per heavy atom. The molecule has 106 valence electrons. The van der Waals surface area contributed by atoms with Gasteiger partial charge in [0.15, 0.2) is 0 Å². The Labute approximate surface area is 116 Å². The van der Waals surface area contributed by atoms with Gasteiger partial charge in [-0.05, 0) is 18.1 Å². The summed E-state index contributed by atoms with van der Waals surface area (Å²) in [6, 6.07) is 7.73. The molecule has 0 bridgehead atoms. The van der Waals surface area contributed by atoms with Crippen LogP contribution in [0.25, 0.3) is 0 Å². The number of hydrogen-bond donors (Lipinski definition) is 2. The number of carbonyl (C=O) groups excluding carboxylic acids is 1. The van der Waals surface area contributed by atoms with Gasteiger partial charge >= 0.3 is 0 Å². The van der Waals surface area contributed by atoms with E-state index in [2.05, 4.69) is 15.4 Å². The van der Waals surface area contributed by atoms with Crippen molar-refractivity contribution in [1.82, 2.24) is 20.1 Å². The third-order valence-electron chi connectivity index (χ3n) is 2.77. The zero-order valence-electron chi connectivity index (χ0n) is 11.2. The highest BCUT2D eigenvalue weighted by Crippen LogP contribution is 2.17. The van der Waals surface area contributed by atoms with Crippen molar-refractivity contribution in [3.8, 4) is 5.75 Å². The van der Waals surface area contributed by atoms with Crippen LogP contribution < -0.4 is 15.8 Å². The van der Waals surface area contributed by atoms with Gasteiger partial charge in [0.25, 0.3) is 0 Å². The van der Waals surface area contributed by atoms with Gasteiger partial charge in [0.2, 0.25) is 11.9 Å². The molecule has 1 heterocycles. The van der Waals surface area contributed by atoms with Crippen LogP contribution in [0.1, 0.15) is 5.56 Å². The number of hydrogen-bond acceptors (Lipinski definition) is 5. The van der Waals surface area contributed by atoms with Crippen LogP contribution in [0.5, 0.6) is 5.75 Å². The zero-order chi connectivity index (χ0) is 14.4. The number of nitrogen functional groups attached to an aromatic ring is 1.